The van der Waals surface area contributed by atoms with E-state index in [4.69, 9.17) is 0 Å². The molecule has 3 atom stereocenters. The molecule has 3 unspecified atom stereocenters. The monoisotopic (exact) mass is 274 g/mol. The van der Waals surface area contributed by atoms with Crippen molar-refractivity contribution in [1.29, 1.82) is 0 Å². The Hall–Kier alpha value is -1.91. The molecule has 3 fully saturated rings. The number of benzene rings is 1. The molecule has 5 heteroatoms. The Morgan fingerprint density at radius 1 is 1.20 bits per heavy atom. The van der Waals surface area contributed by atoms with E-state index in [0.29, 0.717) is 24.1 Å². The largest absolute Gasteiger partial charge is 0.332 e. The molecule has 0 aromatic heterocycles. The van der Waals surface area contributed by atoms with Crippen LogP contribution in [0.4, 0.5) is 14.9 Å². The maximum atomic E-state index is 13.3. The van der Waals surface area contributed by atoms with Crippen molar-refractivity contribution in [1.82, 2.24) is 4.90 Å². The standard InChI is InChI=1S/C15H15FN2O2/c16-10-4-2-5-11(7-10)18-14(19)13-12-6-1-3-9(12)8-17(13)15(18)20/h2,4-5,7,9,12-13H,1,3,6,8H2. The second-order valence-electron chi connectivity index (χ2n) is 5.89. The number of fused-ring (bicyclic) bond motifs is 3. The van der Waals surface area contributed by atoms with Crippen LogP contribution in [-0.4, -0.2) is 29.4 Å². The van der Waals surface area contributed by atoms with E-state index in [9.17, 15) is 14.0 Å². The van der Waals surface area contributed by atoms with Crippen LogP contribution in [0.25, 0.3) is 0 Å². The van der Waals surface area contributed by atoms with Gasteiger partial charge in [0, 0.05) is 6.54 Å². The summed E-state index contributed by atoms with van der Waals surface area (Å²) in [7, 11) is 0. The SMILES string of the molecule is O=C1C2C3CCCC3CN2C(=O)N1c1cccc(F)c1. The van der Waals surface area contributed by atoms with Gasteiger partial charge in [0.2, 0.25) is 0 Å². The highest BCUT2D eigenvalue weighted by atomic mass is 19.1. The molecule has 4 nitrogen and oxygen atoms in total. The number of nitrogens with zero attached hydrogens (tertiary/aromatic N) is 2. The molecule has 0 radical (unpaired) electrons. The van der Waals surface area contributed by atoms with Gasteiger partial charge in [-0.3, -0.25) is 4.79 Å². The summed E-state index contributed by atoms with van der Waals surface area (Å²) in [6, 6.07) is 5.06. The van der Waals surface area contributed by atoms with E-state index in [1.165, 1.54) is 18.2 Å². The first-order valence-electron chi connectivity index (χ1n) is 7.07. The van der Waals surface area contributed by atoms with Crippen molar-refractivity contribution < 1.29 is 14.0 Å². The number of hydrogen-bond donors (Lipinski definition) is 0. The molecule has 104 valence electrons. The van der Waals surface area contributed by atoms with Crippen LogP contribution in [0.3, 0.4) is 0 Å². The summed E-state index contributed by atoms with van der Waals surface area (Å²) < 4.78 is 13.3. The predicted octanol–water partition coefficient (Wildman–Crippen LogP) is 2.39. The van der Waals surface area contributed by atoms with Gasteiger partial charge in [0.05, 0.1) is 5.69 Å². The lowest BCUT2D eigenvalue weighted by Crippen LogP contribution is -2.35. The molecule has 0 bridgehead atoms. The zero-order chi connectivity index (χ0) is 13.9. The summed E-state index contributed by atoms with van der Waals surface area (Å²) in [5.74, 6) is 0.150. The maximum Gasteiger partial charge on any atom is 0.332 e. The van der Waals surface area contributed by atoms with Gasteiger partial charge in [-0.2, -0.15) is 0 Å². The molecule has 1 saturated carbocycles. The Morgan fingerprint density at radius 2 is 2.05 bits per heavy atom. The summed E-state index contributed by atoms with van der Waals surface area (Å²) in [4.78, 5) is 27.9. The van der Waals surface area contributed by atoms with Gasteiger partial charge in [-0.1, -0.05) is 12.5 Å². The molecule has 4 rings (SSSR count). The summed E-state index contributed by atoms with van der Waals surface area (Å²) >= 11 is 0. The van der Waals surface area contributed by atoms with E-state index in [2.05, 4.69) is 0 Å². The molecule has 1 aromatic carbocycles. The molecule has 1 aromatic rings. The molecule has 2 saturated heterocycles. The fourth-order valence-corrected chi connectivity index (χ4v) is 4.03. The number of imide groups is 1. The second kappa shape index (κ2) is 4.04. The van der Waals surface area contributed by atoms with Crippen molar-refractivity contribution in [2.75, 3.05) is 11.4 Å². The third-order valence-electron chi connectivity index (χ3n) is 4.87. The number of carbonyl (C=O) groups is 2. The van der Waals surface area contributed by atoms with Gasteiger partial charge in [0.25, 0.3) is 5.91 Å². The fourth-order valence-electron chi connectivity index (χ4n) is 4.03. The van der Waals surface area contributed by atoms with Gasteiger partial charge in [-0.15, -0.1) is 0 Å². The topological polar surface area (TPSA) is 40.6 Å². The number of halogens is 1. The molecular weight excluding hydrogens is 259 g/mol. The number of urea groups is 1. The summed E-state index contributed by atoms with van der Waals surface area (Å²) in [5.41, 5.74) is 0.337. The van der Waals surface area contributed by atoms with Gasteiger partial charge in [0.15, 0.2) is 0 Å². The molecule has 2 aliphatic heterocycles. The average Bonchev–Trinajstić information content (AvgIpc) is 3.03. The van der Waals surface area contributed by atoms with Gasteiger partial charge in [-0.05, 0) is 42.9 Å². The van der Waals surface area contributed by atoms with Crippen LogP contribution in [0, 0.1) is 17.7 Å². The molecule has 3 amide bonds. The Bertz CT molecular complexity index is 603. The normalized spacial score (nSPS) is 31.9. The number of amides is 3. The second-order valence-corrected chi connectivity index (χ2v) is 5.89. The molecule has 3 aliphatic rings. The quantitative estimate of drug-likeness (QED) is 0.738. The average molecular weight is 274 g/mol. The minimum absolute atomic E-state index is 0.185. The third-order valence-corrected chi connectivity index (χ3v) is 4.87. The summed E-state index contributed by atoms with van der Waals surface area (Å²) in [6.07, 6.45) is 3.27. The van der Waals surface area contributed by atoms with Crippen LogP contribution in [0.15, 0.2) is 24.3 Å². The number of anilines is 1. The minimum atomic E-state index is -0.436. The predicted molar refractivity (Wildman–Crippen MR) is 70.6 cm³/mol. The molecule has 0 N–H and O–H groups in total. The minimum Gasteiger partial charge on any atom is -0.311 e. The van der Waals surface area contributed by atoms with Crippen LogP contribution in [0.1, 0.15) is 19.3 Å². The molecule has 20 heavy (non-hydrogen) atoms. The molecule has 1 aliphatic carbocycles. The van der Waals surface area contributed by atoms with Crippen molar-refractivity contribution in [2.24, 2.45) is 11.8 Å². The van der Waals surface area contributed by atoms with Crippen LogP contribution in [0.2, 0.25) is 0 Å². The van der Waals surface area contributed by atoms with E-state index >= 15 is 0 Å². The van der Waals surface area contributed by atoms with Crippen LogP contribution in [0.5, 0.6) is 0 Å². The van der Waals surface area contributed by atoms with Crippen molar-refractivity contribution in [3.63, 3.8) is 0 Å². The first-order valence-corrected chi connectivity index (χ1v) is 7.07. The van der Waals surface area contributed by atoms with Crippen molar-refractivity contribution in [3.8, 4) is 0 Å². The highest BCUT2D eigenvalue weighted by Gasteiger charge is 2.57. The van der Waals surface area contributed by atoms with Crippen molar-refractivity contribution in [2.45, 2.75) is 25.3 Å². The van der Waals surface area contributed by atoms with E-state index in [1.807, 2.05) is 0 Å². The first-order chi connectivity index (χ1) is 9.66. The van der Waals surface area contributed by atoms with Crippen molar-refractivity contribution >= 4 is 17.6 Å². The fraction of sp³-hybridized carbons (Fsp3) is 0.467. The smallest absolute Gasteiger partial charge is 0.311 e. The van der Waals surface area contributed by atoms with Gasteiger partial charge in [-0.25, -0.2) is 14.1 Å². The van der Waals surface area contributed by atoms with Crippen LogP contribution < -0.4 is 4.90 Å². The summed E-state index contributed by atoms with van der Waals surface area (Å²) in [5, 5.41) is 0. The summed E-state index contributed by atoms with van der Waals surface area (Å²) in [6.45, 7) is 0.672. The number of carbonyl (C=O) groups excluding carboxylic acids is 2. The maximum absolute atomic E-state index is 13.3. The Kier molecular flexibility index (Phi) is 2.40. The lowest BCUT2D eigenvalue weighted by atomic mass is 9.93. The Labute approximate surface area is 116 Å². The van der Waals surface area contributed by atoms with E-state index in [1.54, 1.807) is 11.0 Å². The highest BCUT2D eigenvalue weighted by molar-refractivity contribution is 6.21. The Balaban J connectivity index is 1.71. The highest BCUT2D eigenvalue weighted by Crippen LogP contribution is 2.46. The van der Waals surface area contributed by atoms with Crippen LogP contribution >= 0.6 is 0 Å². The van der Waals surface area contributed by atoms with Gasteiger partial charge in [0.1, 0.15) is 11.9 Å². The zero-order valence-electron chi connectivity index (χ0n) is 11.0. The lowest BCUT2D eigenvalue weighted by molar-refractivity contribution is -0.120. The first kappa shape index (κ1) is 11.9. The van der Waals surface area contributed by atoms with Crippen LogP contribution in [-0.2, 0) is 4.79 Å². The van der Waals surface area contributed by atoms with Crippen molar-refractivity contribution in [3.05, 3.63) is 30.1 Å². The van der Waals surface area contributed by atoms with E-state index < -0.39 is 5.82 Å². The molecule has 2 heterocycles. The molecular formula is C15H15FN2O2. The molecule has 0 spiro atoms. The number of hydrogen-bond acceptors (Lipinski definition) is 2. The van der Waals surface area contributed by atoms with E-state index in [-0.39, 0.29) is 18.0 Å². The van der Waals surface area contributed by atoms with E-state index in [0.717, 1.165) is 24.2 Å². The third kappa shape index (κ3) is 1.46. The van der Waals surface area contributed by atoms with Gasteiger partial charge < -0.3 is 4.90 Å². The van der Waals surface area contributed by atoms with Gasteiger partial charge >= 0.3 is 6.03 Å². The number of rotatable bonds is 1. The lowest BCUT2D eigenvalue weighted by Gasteiger charge is -2.17. The zero-order valence-corrected chi connectivity index (χ0v) is 11.0. The Morgan fingerprint density at radius 3 is 2.85 bits per heavy atom.